The van der Waals surface area contributed by atoms with Crippen LogP contribution in [0.25, 0.3) is 11.3 Å². The summed E-state index contributed by atoms with van der Waals surface area (Å²) in [4.78, 5) is 24.4. The van der Waals surface area contributed by atoms with E-state index in [-0.39, 0.29) is 53.9 Å². The number of alkyl halides is 2. The number of nitrogens with one attached hydrogen (secondary N) is 1. The minimum atomic E-state index is -2.79. The first-order chi connectivity index (χ1) is 15.2. The SMILES string of the molecule is O=C(Nc1c(-c2cc(F)ccc2F)ncnc1C1CCC(F)(F)CC1)c1ccc(F)nc1. The molecule has 2 heterocycles. The van der Waals surface area contributed by atoms with E-state index in [1.165, 1.54) is 6.07 Å². The highest BCUT2D eigenvalue weighted by Gasteiger charge is 2.37. The van der Waals surface area contributed by atoms with Crippen molar-refractivity contribution in [3.63, 3.8) is 0 Å². The smallest absolute Gasteiger partial charge is 0.257 e. The van der Waals surface area contributed by atoms with Crippen LogP contribution < -0.4 is 5.32 Å². The molecule has 0 atom stereocenters. The molecule has 0 spiro atoms. The van der Waals surface area contributed by atoms with Gasteiger partial charge in [-0.15, -0.1) is 0 Å². The summed E-state index contributed by atoms with van der Waals surface area (Å²) in [5.74, 6) is -6.24. The second-order valence-electron chi connectivity index (χ2n) is 7.56. The zero-order chi connectivity index (χ0) is 22.9. The van der Waals surface area contributed by atoms with Crippen molar-refractivity contribution < 1.29 is 26.7 Å². The summed E-state index contributed by atoms with van der Waals surface area (Å²) in [6.07, 6.45) is 1.60. The van der Waals surface area contributed by atoms with E-state index in [1.54, 1.807) is 0 Å². The van der Waals surface area contributed by atoms with Crippen LogP contribution in [0.1, 0.15) is 47.7 Å². The van der Waals surface area contributed by atoms with Gasteiger partial charge >= 0.3 is 0 Å². The third-order valence-corrected chi connectivity index (χ3v) is 5.39. The third-order valence-electron chi connectivity index (χ3n) is 5.39. The zero-order valence-electron chi connectivity index (χ0n) is 16.6. The summed E-state index contributed by atoms with van der Waals surface area (Å²) in [5.41, 5.74) is -0.0729. The number of benzene rings is 1. The third kappa shape index (κ3) is 4.58. The van der Waals surface area contributed by atoms with Crippen LogP contribution in [-0.2, 0) is 0 Å². The zero-order valence-corrected chi connectivity index (χ0v) is 16.6. The molecule has 4 rings (SSSR count). The van der Waals surface area contributed by atoms with E-state index in [4.69, 9.17) is 0 Å². The molecule has 1 aliphatic carbocycles. The van der Waals surface area contributed by atoms with Crippen molar-refractivity contribution in [1.82, 2.24) is 15.0 Å². The fraction of sp³-hybridized carbons (Fsp3) is 0.273. The van der Waals surface area contributed by atoms with Gasteiger partial charge in [-0.2, -0.15) is 4.39 Å². The van der Waals surface area contributed by atoms with Gasteiger partial charge in [0.15, 0.2) is 0 Å². The second-order valence-corrected chi connectivity index (χ2v) is 7.56. The minimum Gasteiger partial charge on any atom is -0.319 e. The van der Waals surface area contributed by atoms with Gasteiger partial charge in [0.25, 0.3) is 5.91 Å². The molecule has 3 aromatic rings. The Morgan fingerprint density at radius 2 is 1.75 bits per heavy atom. The summed E-state index contributed by atoms with van der Waals surface area (Å²) >= 11 is 0. The average Bonchev–Trinajstić information content (AvgIpc) is 2.76. The normalized spacial score (nSPS) is 16.0. The minimum absolute atomic E-state index is 0.00189. The number of nitrogens with zero attached hydrogens (tertiary/aromatic N) is 3. The van der Waals surface area contributed by atoms with Crippen LogP contribution >= 0.6 is 0 Å². The van der Waals surface area contributed by atoms with Crippen molar-refractivity contribution in [3.8, 4) is 11.3 Å². The van der Waals surface area contributed by atoms with Crippen LogP contribution in [0.4, 0.5) is 27.6 Å². The highest BCUT2D eigenvalue weighted by Crippen LogP contribution is 2.44. The Bertz CT molecular complexity index is 1140. The molecule has 10 heteroatoms. The summed E-state index contributed by atoms with van der Waals surface area (Å²) in [6, 6.07) is 4.97. The Hall–Kier alpha value is -3.43. The molecule has 5 nitrogen and oxygen atoms in total. The molecule has 166 valence electrons. The lowest BCUT2D eigenvalue weighted by Gasteiger charge is -2.29. The molecule has 1 aliphatic rings. The molecular formula is C22H17F5N4O. The summed E-state index contributed by atoms with van der Waals surface area (Å²) in [6.45, 7) is 0. The van der Waals surface area contributed by atoms with Crippen LogP contribution in [0.2, 0.25) is 0 Å². The molecule has 0 saturated heterocycles. The molecule has 1 amide bonds. The van der Waals surface area contributed by atoms with Crippen LogP contribution in [0.5, 0.6) is 0 Å². The van der Waals surface area contributed by atoms with Gasteiger partial charge in [0.05, 0.1) is 16.9 Å². The number of carbonyl (C=O) groups excluding carboxylic acids is 1. The Morgan fingerprint density at radius 1 is 1.00 bits per heavy atom. The van der Waals surface area contributed by atoms with E-state index in [9.17, 15) is 26.7 Å². The fourth-order valence-electron chi connectivity index (χ4n) is 3.72. The molecule has 0 bridgehead atoms. The lowest BCUT2D eigenvalue weighted by molar-refractivity contribution is -0.0384. The van der Waals surface area contributed by atoms with Gasteiger partial charge in [0.2, 0.25) is 11.9 Å². The van der Waals surface area contributed by atoms with E-state index in [0.29, 0.717) is 0 Å². The molecule has 1 fully saturated rings. The number of hydrogen-bond donors (Lipinski definition) is 1. The Morgan fingerprint density at radius 3 is 2.44 bits per heavy atom. The molecule has 1 aromatic carbocycles. The number of pyridine rings is 1. The maximum Gasteiger partial charge on any atom is 0.257 e. The van der Waals surface area contributed by atoms with E-state index < -0.39 is 35.3 Å². The second kappa shape index (κ2) is 8.60. The van der Waals surface area contributed by atoms with Crippen LogP contribution in [0.15, 0.2) is 42.9 Å². The largest absolute Gasteiger partial charge is 0.319 e. The molecule has 1 saturated carbocycles. The standard InChI is InChI=1S/C22H17F5N4O/c23-14-2-3-16(24)15(9-14)19-20(31-21(32)13-1-4-17(25)28-10-13)18(29-11-30-19)12-5-7-22(26,27)8-6-12/h1-4,9-12H,5-8H2,(H,31,32). The first-order valence-corrected chi connectivity index (χ1v) is 9.84. The van der Waals surface area contributed by atoms with Crippen LogP contribution in [0.3, 0.4) is 0 Å². The Balaban J connectivity index is 1.79. The molecule has 2 aromatic heterocycles. The highest BCUT2D eigenvalue weighted by atomic mass is 19.3. The van der Waals surface area contributed by atoms with Crippen molar-refractivity contribution in [2.75, 3.05) is 5.32 Å². The number of amides is 1. The van der Waals surface area contributed by atoms with Gasteiger partial charge in [0, 0.05) is 30.5 Å². The maximum atomic E-state index is 14.5. The lowest BCUT2D eigenvalue weighted by atomic mass is 9.83. The van der Waals surface area contributed by atoms with E-state index in [0.717, 1.165) is 36.8 Å². The van der Waals surface area contributed by atoms with Gasteiger partial charge in [-0.25, -0.2) is 32.5 Å². The van der Waals surface area contributed by atoms with E-state index in [2.05, 4.69) is 20.3 Å². The van der Waals surface area contributed by atoms with Crippen molar-refractivity contribution >= 4 is 11.6 Å². The molecule has 0 radical (unpaired) electrons. The van der Waals surface area contributed by atoms with Gasteiger partial charge in [-0.3, -0.25) is 4.79 Å². The molecule has 32 heavy (non-hydrogen) atoms. The van der Waals surface area contributed by atoms with Crippen molar-refractivity contribution in [2.24, 2.45) is 0 Å². The monoisotopic (exact) mass is 448 g/mol. The van der Waals surface area contributed by atoms with Crippen molar-refractivity contribution in [2.45, 2.75) is 37.5 Å². The lowest BCUT2D eigenvalue weighted by Crippen LogP contribution is -2.25. The Labute approximate surface area is 179 Å². The highest BCUT2D eigenvalue weighted by molar-refractivity contribution is 6.06. The van der Waals surface area contributed by atoms with Gasteiger partial charge < -0.3 is 5.32 Å². The van der Waals surface area contributed by atoms with Gasteiger partial charge in [-0.05, 0) is 43.2 Å². The molecule has 1 N–H and O–H groups in total. The molecule has 0 unspecified atom stereocenters. The maximum absolute atomic E-state index is 14.5. The van der Waals surface area contributed by atoms with E-state index in [1.807, 2.05) is 0 Å². The van der Waals surface area contributed by atoms with Crippen LogP contribution in [-0.4, -0.2) is 26.8 Å². The predicted molar refractivity (Wildman–Crippen MR) is 106 cm³/mol. The summed E-state index contributed by atoms with van der Waals surface area (Å²) in [7, 11) is 0. The van der Waals surface area contributed by atoms with Gasteiger partial charge in [-0.1, -0.05) is 0 Å². The number of rotatable bonds is 4. The number of carbonyl (C=O) groups is 1. The van der Waals surface area contributed by atoms with Crippen LogP contribution in [0, 0.1) is 17.6 Å². The van der Waals surface area contributed by atoms with E-state index >= 15 is 0 Å². The Kier molecular flexibility index (Phi) is 5.86. The average molecular weight is 448 g/mol. The first-order valence-electron chi connectivity index (χ1n) is 9.84. The fourth-order valence-corrected chi connectivity index (χ4v) is 3.72. The quantitative estimate of drug-likeness (QED) is 0.423. The predicted octanol–water partition coefficient (Wildman–Crippen LogP) is 5.50. The van der Waals surface area contributed by atoms with Crippen molar-refractivity contribution in [3.05, 3.63) is 71.7 Å². The molecule has 0 aliphatic heterocycles. The summed E-state index contributed by atoms with van der Waals surface area (Å²) < 4.78 is 68.8. The molecular weight excluding hydrogens is 431 g/mol. The topological polar surface area (TPSA) is 67.8 Å². The number of hydrogen-bond acceptors (Lipinski definition) is 4. The number of aromatic nitrogens is 3. The number of anilines is 1. The number of halogens is 5. The van der Waals surface area contributed by atoms with Crippen molar-refractivity contribution in [1.29, 1.82) is 0 Å². The van der Waals surface area contributed by atoms with Gasteiger partial charge in [0.1, 0.15) is 23.7 Å². The first kappa shape index (κ1) is 21.8. The summed E-state index contributed by atoms with van der Waals surface area (Å²) in [5, 5.41) is 2.58.